The minimum Gasteiger partial charge on any atom is -0.482 e. The molecule has 124 valence electrons. The first-order chi connectivity index (χ1) is 10.8. The topological polar surface area (TPSA) is 74.5 Å². The Morgan fingerprint density at radius 2 is 2.13 bits per heavy atom. The molecule has 0 spiro atoms. The number of rotatable bonds is 5. The minimum atomic E-state index is -0.644. The van der Waals surface area contributed by atoms with E-state index >= 15 is 0 Å². The van der Waals surface area contributed by atoms with Crippen LogP contribution in [0.5, 0.6) is 5.75 Å². The molecule has 0 saturated heterocycles. The fourth-order valence-electron chi connectivity index (χ4n) is 1.69. The molecular weight excluding hydrogens is 320 g/mol. The van der Waals surface area contributed by atoms with E-state index in [1.807, 2.05) is 20.8 Å². The third-order valence-corrected chi connectivity index (χ3v) is 3.16. The molecule has 0 radical (unpaired) electrons. The highest BCUT2D eigenvalue weighted by Crippen LogP contribution is 2.22. The van der Waals surface area contributed by atoms with Gasteiger partial charge in [0.05, 0.1) is 0 Å². The van der Waals surface area contributed by atoms with Crippen LogP contribution in [0.4, 0.5) is 0 Å². The summed E-state index contributed by atoms with van der Waals surface area (Å²) < 4.78 is 15.7. The summed E-state index contributed by atoms with van der Waals surface area (Å²) >= 11 is 5.84. The summed E-state index contributed by atoms with van der Waals surface area (Å²) in [4.78, 5) is 16.1. The Labute approximate surface area is 139 Å². The Balaban J connectivity index is 1.88. The maximum atomic E-state index is 11.8. The number of carbonyl (C=O) groups excluding carboxylic acids is 1. The van der Waals surface area contributed by atoms with Crippen LogP contribution >= 0.6 is 11.6 Å². The van der Waals surface area contributed by atoms with Crippen LogP contribution in [0.2, 0.25) is 5.02 Å². The van der Waals surface area contributed by atoms with Gasteiger partial charge in [-0.05, 0) is 25.1 Å². The summed E-state index contributed by atoms with van der Waals surface area (Å²) in [7, 11) is 0. The molecule has 1 aromatic carbocycles. The van der Waals surface area contributed by atoms with Gasteiger partial charge in [-0.25, -0.2) is 4.79 Å². The van der Waals surface area contributed by atoms with Gasteiger partial charge in [0, 0.05) is 10.4 Å². The van der Waals surface area contributed by atoms with Crippen molar-refractivity contribution in [3.8, 4) is 5.75 Å². The Morgan fingerprint density at radius 3 is 2.74 bits per heavy atom. The van der Waals surface area contributed by atoms with Crippen LogP contribution in [0, 0.1) is 0 Å². The fourth-order valence-corrected chi connectivity index (χ4v) is 1.87. The van der Waals surface area contributed by atoms with Gasteiger partial charge in [0.15, 0.2) is 18.5 Å². The van der Waals surface area contributed by atoms with Crippen LogP contribution < -0.4 is 4.74 Å². The van der Waals surface area contributed by atoms with E-state index < -0.39 is 12.1 Å². The lowest BCUT2D eigenvalue weighted by Gasteiger charge is -2.12. The van der Waals surface area contributed by atoms with E-state index in [9.17, 15) is 4.79 Å². The maximum Gasteiger partial charge on any atom is 0.344 e. The molecule has 1 heterocycles. The van der Waals surface area contributed by atoms with Gasteiger partial charge in [-0.2, -0.15) is 4.98 Å². The average Bonchev–Trinajstić information content (AvgIpc) is 2.95. The summed E-state index contributed by atoms with van der Waals surface area (Å²) in [6.07, 6.45) is -0.644. The zero-order valence-corrected chi connectivity index (χ0v) is 14.3. The summed E-state index contributed by atoms with van der Waals surface area (Å²) in [5, 5.41) is 4.43. The highest BCUT2D eigenvalue weighted by molar-refractivity contribution is 6.30. The van der Waals surface area contributed by atoms with E-state index in [0.29, 0.717) is 16.6 Å². The molecule has 0 N–H and O–H groups in total. The number of hydrogen-bond donors (Lipinski definition) is 0. The predicted molar refractivity (Wildman–Crippen MR) is 84.5 cm³/mol. The van der Waals surface area contributed by atoms with Crippen molar-refractivity contribution in [2.24, 2.45) is 0 Å². The number of ether oxygens (including phenoxy) is 2. The van der Waals surface area contributed by atoms with Gasteiger partial charge < -0.3 is 14.0 Å². The molecule has 0 aliphatic carbocycles. The lowest BCUT2D eigenvalue weighted by Crippen LogP contribution is -2.17. The van der Waals surface area contributed by atoms with Crippen LogP contribution in [0.3, 0.4) is 0 Å². The second-order valence-corrected chi connectivity index (χ2v) is 6.52. The summed E-state index contributed by atoms with van der Waals surface area (Å²) in [5.41, 5.74) is -0.235. The maximum absolute atomic E-state index is 11.8. The van der Waals surface area contributed by atoms with Gasteiger partial charge in [0.25, 0.3) is 5.89 Å². The van der Waals surface area contributed by atoms with Crippen molar-refractivity contribution in [2.45, 2.75) is 39.2 Å². The van der Waals surface area contributed by atoms with Gasteiger partial charge in [-0.15, -0.1) is 0 Å². The number of benzene rings is 1. The second-order valence-electron chi connectivity index (χ2n) is 6.08. The van der Waals surface area contributed by atoms with Gasteiger partial charge in [-0.3, -0.25) is 0 Å². The number of carbonyl (C=O) groups is 1. The van der Waals surface area contributed by atoms with Crippen molar-refractivity contribution in [3.05, 3.63) is 41.0 Å². The highest BCUT2D eigenvalue weighted by atomic mass is 35.5. The Bertz CT molecular complexity index is 679. The number of nitrogens with zero attached hydrogens (tertiary/aromatic N) is 2. The monoisotopic (exact) mass is 338 g/mol. The molecule has 7 heteroatoms. The highest BCUT2D eigenvalue weighted by Gasteiger charge is 2.24. The smallest absolute Gasteiger partial charge is 0.344 e. The lowest BCUT2D eigenvalue weighted by molar-refractivity contribution is -0.152. The average molecular weight is 339 g/mol. The van der Waals surface area contributed by atoms with E-state index in [1.165, 1.54) is 0 Å². The van der Waals surface area contributed by atoms with Crippen LogP contribution in [-0.2, 0) is 14.9 Å². The second kappa shape index (κ2) is 7.00. The molecule has 0 aliphatic rings. The van der Waals surface area contributed by atoms with Gasteiger partial charge in [0.1, 0.15) is 5.75 Å². The van der Waals surface area contributed by atoms with Crippen molar-refractivity contribution in [1.82, 2.24) is 10.1 Å². The van der Waals surface area contributed by atoms with E-state index in [2.05, 4.69) is 10.1 Å². The summed E-state index contributed by atoms with van der Waals surface area (Å²) in [5.74, 6) is 0.777. The first kappa shape index (κ1) is 17.3. The molecule has 23 heavy (non-hydrogen) atoms. The SMILES string of the molecule is CC(OC(=O)COc1cccc(Cl)c1)c1nc(C(C)(C)C)no1. The predicted octanol–water partition coefficient (Wildman–Crippen LogP) is 3.70. The largest absolute Gasteiger partial charge is 0.482 e. The van der Waals surface area contributed by atoms with Crippen molar-refractivity contribution >= 4 is 17.6 Å². The van der Waals surface area contributed by atoms with Crippen molar-refractivity contribution < 1.29 is 18.8 Å². The lowest BCUT2D eigenvalue weighted by atomic mass is 9.96. The molecule has 2 rings (SSSR count). The van der Waals surface area contributed by atoms with E-state index in [-0.39, 0.29) is 17.9 Å². The standard InChI is InChI=1S/C16H19ClN2O4/c1-10(14-18-15(19-23-14)16(2,3)4)22-13(20)9-21-12-7-5-6-11(17)8-12/h5-8,10H,9H2,1-4H3. The summed E-state index contributed by atoms with van der Waals surface area (Å²) in [6.45, 7) is 7.34. The van der Waals surface area contributed by atoms with Gasteiger partial charge in [-0.1, -0.05) is 43.6 Å². The molecule has 1 atom stereocenters. The van der Waals surface area contributed by atoms with Gasteiger partial charge in [0.2, 0.25) is 0 Å². The molecular formula is C16H19ClN2O4. The molecule has 0 amide bonds. The Hall–Kier alpha value is -2.08. The zero-order valence-electron chi connectivity index (χ0n) is 13.5. The van der Waals surface area contributed by atoms with Crippen LogP contribution in [0.25, 0.3) is 0 Å². The third kappa shape index (κ3) is 4.96. The molecule has 0 aliphatic heterocycles. The molecule has 0 fully saturated rings. The Kier molecular flexibility index (Phi) is 5.26. The molecule has 0 saturated carbocycles. The molecule has 6 nitrogen and oxygen atoms in total. The van der Waals surface area contributed by atoms with Crippen molar-refractivity contribution in [2.75, 3.05) is 6.61 Å². The molecule has 1 unspecified atom stereocenters. The van der Waals surface area contributed by atoms with Crippen molar-refractivity contribution in [3.63, 3.8) is 0 Å². The van der Waals surface area contributed by atoms with Crippen LogP contribution in [0.15, 0.2) is 28.8 Å². The van der Waals surface area contributed by atoms with E-state index in [4.69, 9.17) is 25.6 Å². The van der Waals surface area contributed by atoms with Crippen LogP contribution in [-0.4, -0.2) is 22.7 Å². The fraction of sp³-hybridized carbons (Fsp3) is 0.438. The molecule has 2 aromatic rings. The number of hydrogen-bond acceptors (Lipinski definition) is 6. The third-order valence-electron chi connectivity index (χ3n) is 2.92. The molecule has 0 bridgehead atoms. The van der Waals surface area contributed by atoms with E-state index in [0.717, 1.165) is 0 Å². The van der Waals surface area contributed by atoms with E-state index in [1.54, 1.807) is 31.2 Å². The van der Waals surface area contributed by atoms with Crippen molar-refractivity contribution in [1.29, 1.82) is 0 Å². The van der Waals surface area contributed by atoms with Crippen LogP contribution in [0.1, 0.15) is 45.5 Å². The summed E-state index contributed by atoms with van der Waals surface area (Å²) in [6, 6.07) is 6.78. The number of halogens is 1. The first-order valence-corrected chi connectivity index (χ1v) is 7.55. The quantitative estimate of drug-likeness (QED) is 0.774. The normalized spacial score (nSPS) is 12.7. The number of aromatic nitrogens is 2. The molecule has 1 aromatic heterocycles. The minimum absolute atomic E-state index is 0.231. The van der Waals surface area contributed by atoms with Gasteiger partial charge >= 0.3 is 5.97 Å². The zero-order chi connectivity index (χ0) is 17.0. The Morgan fingerprint density at radius 1 is 1.39 bits per heavy atom. The first-order valence-electron chi connectivity index (χ1n) is 7.17. The number of esters is 1.